The van der Waals surface area contributed by atoms with Gasteiger partial charge < -0.3 is 8.54 Å². The van der Waals surface area contributed by atoms with Gasteiger partial charge in [0.2, 0.25) is 0 Å². The number of carbonyl (C=O) groups excluding carboxylic acids is 1. The van der Waals surface area contributed by atoms with Crippen LogP contribution in [0.2, 0.25) is 32.7 Å². The maximum absolute atomic E-state index is 11.9. The van der Waals surface area contributed by atoms with Crippen molar-refractivity contribution in [2.75, 3.05) is 0 Å². The Bertz CT molecular complexity index is 254. The van der Waals surface area contributed by atoms with Crippen LogP contribution in [0.3, 0.4) is 0 Å². The first-order chi connectivity index (χ1) is 6.90. The highest BCUT2D eigenvalue weighted by atomic mass is 28.4. The highest BCUT2D eigenvalue weighted by Gasteiger charge is 2.38. The summed E-state index contributed by atoms with van der Waals surface area (Å²) in [4.78, 5) is 11.9. The average Bonchev–Trinajstić information content (AvgIpc) is 1.98. The van der Waals surface area contributed by atoms with Gasteiger partial charge in [-0.3, -0.25) is 4.79 Å². The molecule has 0 saturated carbocycles. The lowest BCUT2D eigenvalue weighted by Crippen LogP contribution is -2.48. The fraction of sp³-hybridized carbons (Fsp3) is 0.909. The van der Waals surface area contributed by atoms with Crippen molar-refractivity contribution in [3.63, 3.8) is 0 Å². The molecule has 0 aromatic heterocycles. The Kier molecular flexibility index (Phi) is 4.97. The van der Waals surface area contributed by atoms with E-state index >= 15 is 0 Å². The predicted octanol–water partition coefficient (Wildman–Crippen LogP) is 3.52. The summed E-state index contributed by atoms with van der Waals surface area (Å²) in [5.41, 5.74) is -0.410. The second kappa shape index (κ2) is 5.02. The molecule has 0 heterocycles. The molecule has 0 aromatic carbocycles. The molecular formula is C11H26O3Si2. The van der Waals surface area contributed by atoms with Crippen molar-refractivity contribution in [2.24, 2.45) is 5.41 Å². The first-order valence-electron chi connectivity index (χ1n) is 5.83. The van der Waals surface area contributed by atoms with E-state index in [9.17, 15) is 4.79 Å². The molecule has 3 nitrogen and oxygen atoms in total. The van der Waals surface area contributed by atoms with Gasteiger partial charge in [0.15, 0.2) is 8.32 Å². The van der Waals surface area contributed by atoms with Gasteiger partial charge in [-0.1, -0.05) is 6.92 Å². The molecule has 0 unspecified atom stereocenters. The molecule has 0 rings (SSSR count). The van der Waals surface area contributed by atoms with Crippen molar-refractivity contribution < 1.29 is 13.3 Å². The topological polar surface area (TPSA) is 35.5 Å². The molecule has 0 atom stereocenters. The van der Waals surface area contributed by atoms with E-state index < -0.39 is 22.3 Å². The zero-order valence-corrected chi connectivity index (χ0v) is 13.9. The normalized spacial score (nSPS) is 13.8. The number of carbonyl (C=O) groups is 1. The van der Waals surface area contributed by atoms with Crippen LogP contribution in [-0.4, -0.2) is 22.8 Å². The average molecular weight is 262 g/mol. The third-order valence-electron chi connectivity index (χ3n) is 2.33. The van der Waals surface area contributed by atoms with Gasteiger partial charge in [-0.15, -0.1) is 0 Å². The molecular weight excluding hydrogens is 236 g/mol. The molecule has 0 N–H and O–H groups in total. The molecule has 16 heavy (non-hydrogen) atoms. The molecule has 0 aliphatic rings. The molecule has 96 valence electrons. The highest BCUT2D eigenvalue weighted by Crippen LogP contribution is 2.25. The van der Waals surface area contributed by atoms with E-state index in [1.807, 2.05) is 33.9 Å². The molecule has 0 bridgehead atoms. The second-order valence-electron chi connectivity index (χ2n) is 6.24. The Morgan fingerprint density at radius 1 is 1.12 bits per heavy atom. The molecule has 5 heteroatoms. The van der Waals surface area contributed by atoms with Crippen LogP contribution in [0.25, 0.3) is 0 Å². The molecule has 0 amide bonds. The number of hydrogen-bond acceptors (Lipinski definition) is 3. The minimum Gasteiger partial charge on any atom is -0.495 e. The van der Waals surface area contributed by atoms with Crippen molar-refractivity contribution in [2.45, 2.75) is 59.9 Å². The monoisotopic (exact) mass is 262 g/mol. The number of rotatable bonds is 5. The van der Waals surface area contributed by atoms with Crippen LogP contribution in [0.15, 0.2) is 0 Å². The lowest BCUT2D eigenvalue weighted by Gasteiger charge is -2.33. The summed E-state index contributed by atoms with van der Waals surface area (Å²) >= 11 is 0. The van der Waals surface area contributed by atoms with Crippen molar-refractivity contribution in [1.29, 1.82) is 0 Å². The quantitative estimate of drug-likeness (QED) is 0.711. The smallest absolute Gasteiger partial charge is 0.385 e. The van der Waals surface area contributed by atoms with E-state index in [2.05, 4.69) is 19.6 Å². The maximum atomic E-state index is 11.9. The summed E-state index contributed by atoms with van der Waals surface area (Å²) in [5.74, 6) is -0.134. The molecule has 0 spiro atoms. The number of hydrogen-bond donors (Lipinski definition) is 0. The minimum absolute atomic E-state index is 0.134. The van der Waals surface area contributed by atoms with Crippen molar-refractivity contribution in [3.8, 4) is 0 Å². The third kappa shape index (κ3) is 5.81. The molecule has 0 aliphatic heterocycles. The zero-order chi connectivity index (χ0) is 13.2. The Morgan fingerprint density at radius 3 is 1.88 bits per heavy atom. The fourth-order valence-corrected chi connectivity index (χ4v) is 8.05. The van der Waals surface area contributed by atoms with Gasteiger partial charge in [-0.2, -0.15) is 0 Å². The van der Waals surface area contributed by atoms with Crippen LogP contribution in [0.1, 0.15) is 27.2 Å². The first-order valence-corrected chi connectivity index (χ1v) is 12.1. The van der Waals surface area contributed by atoms with Crippen LogP contribution in [0.5, 0.6) is 0 Å². The summed E-state index contributed by atoms with van der Waals surface area (Å²) < 4.78 is 11.6. The van der Waals surface area contributed by atoms with E-state index in [0.717, 1.165) is 6.42 Å². The van der Waals surface area contributed by atoms with E-state index in [1.54, 1.807) is 0 Å². The Balaban J connectivity index is 4.55. The summed E-state index contributed by atoms with van der Waals surface area (Å²) in [6, 6.07) is 0. The van der Waals surface area contributed by atoms with Gasteiger partial charge in [0, 0.05) is 0 Å². The molecule has 0 aromatic rings. The SMILES string of the molecule is CCC(C)(C)C(=O)O[Si](C)(C)O[Si](C)(C)C. The van der Waals surface area contributed by atoms with Gasteiger partial charge in [-0.25, -0.2) is 0 Å². The summed E-state index contributed by atoms with van der Waals surface area (Å²) in [6.07, 6.45) is 0.781. The van der Waals surface area contributed by atoms with Gasteiger partial charge in [0.1, 0.15) is 0 Å². The van der Waals surface area contributed by atoms with Crippen molar-refractivity contribution in [1.82, 2.24) is 0 Å². The van der Waals surface area contributed by atoms with Gasteiger partial charge in [-0.05, 0) is 53.0 Å². The van der Waals surface area contributed by atoms with E-state index in [-0.39, 0.29) is 5.97 Å². The van der Waals surface area contributed by atoms with Crippen LogP contribution < -0.4 is 0 Å². The minimum atomic E-state index is -2.32. The Hall–Kier alpha value is -0.136. The lowest BCUT2D eigenvalue weighted by molar-refractivity contribution is -0.145. The predicted molar refractivity (Wildman–Crippen MR) is 72.1 cm³/mol. The largest absolute Gasteiger partial charge is 0.495 e. The van der Waals surface area contributed by atoms with Gasteiger partial charge >= 0.3 is 8.56 Å². The van der Waals surface area contributed by atoms with Crippen molar-refractivity contribution in [3.05, 3.63) is 0 Å². The van der Waals surface area contributed by atoms with Gasteiger partial charge in [0.25, 0.3) is 5.97 Å². The van der Waals surface area contributed by atoms with E-state index in [4.69, 9.17) is 8.54 Å². The van der Waals surface area contributed by atoms with Crippen LogP contribution >= 0.6 is 0 Å². The fourth-order valence-electron chi connectivity index (χ4n) is 1.26. The molecule has 0 radical (unpaired) electrons. The summed E-state index contributed by atoms with van der Waals surface area (Å²) in [6.45, 7) is 16.0. The van der Waals surface area contributed by atoms with Gasteiger partial charge in [0.05, 0.1) is 5.41 Å². The van der Waals surface area contributed by atoms with Crippen LogP contribution in [-0.2, 0) is 13.3 Å². The lowest BCUT2D eigenvalue weighted by atomic mass is 9.91. The van der Waals surface area contributed by atoms with E-state index in [0.29, 0.717) is 0 Å². The Morgan fingerprint density at radius 2 is 1.56 bits per heavy atom. The third-order valence-corrected chi connectivity index (χ3v) is 7.42. The maximum Gasteiger partial charge on any atom is 0.385 e. The van der Waals surface area contributed by atoms with Crippen molar-refractivity contribution >= 4 is 22.8 Å². The molecule has 0 aliphatic carbocycles. The molecule has 0 fully saturated rings. The van der Waals surface area contributed by atoms with E-state index in [1.165, 1.54) is 0 Å². The summed E-state index contributed by atoms with van der Waals surface area (Å²) in [5, 5.41) is 0. The van der Waals surface area contributed by atoms with Crippen LogP contribution in [0, 0.1) is 5.41 Å². The zero-order valence-electron chi connectivity index (χ0n) is 11.9. The van der Waals surface area contributed by atoms with Crippen LogP contribution in [0.4, 0.5) is 0 Å². The Labute approximate surface area is 102 Å². The first kappa shape index (κ1) is 15.9. The molecule has 0 saturated heterocycles. The summed E-state index contributed by atoms with van der Waals surface area (Å²) in [7, 11) is -3.96. The second-order valence-corrected chi connectivity index (χ2v) is 14.3. The standard InChI is InChI=1S/C11H26O3Si2/c1-9-11(2,3)10(12)13-16(7,8)14-15(4,5)6/h9H2,1-8H3. The highest BCUT2D eigenvalue weighted by molar-refractivity contribution is 6.81.